The van der Waals surface area contributed by atoms with Gasteiger partial charge >= 0.3 is 23.9 Å². The van der Waals surface area contributed by atoms with E-state index in [1.54, 1.807) is 0 Å². The number of rotatable bonds is 8. The van der Waals surface area contributed by atoms with E-state index in [9.17, 15) is 19.2 Å². The second-order valence-corrected chi connectivity index (χ2v) is 3.38. The van der Waals surface area contributed by atoms with Crippen molar-refractivity contribution >= 4 is 23.9 Å². The maximum absolute atomic E-state index is 11.1. The molecule has 0 aromatic heterocycles. The molecular weight excluding hydrogens is 248 g/mol. The van der Waals surface area contributed by atoms with Crippen molar-refractivity contribution in [2.45, 2.75) is 32.3 Å². The zero-order valence-electron chi connectivity index (χ0n) is 9.75. The van der Waals surface area contributed by atoms with E-state index < -0.39 is 36.6 Å². The predicted octanol–water partition coefficient (Wildman–Crippen LogP) is -0.199. The van der Waals surface area contributed by atoms with Crippen molar-refractivity contribution in [3.63, 3.8) is 0 Å². The zero-order valence-corrected chi connectivity index (χ0v) is 9.75. The fourth-order valence-electron chi connectivity index (χ4n) is 0.938. The first kappa shape index (κ1) is 15.9. The first-order valence-electron chi connectivity index (χ1n) is 5.12. The minimum Gasteiger partial charge on any atom is -0.481 e. The van der Waals surface area contributed by atoms with Gasteiger partial charge in [0.1, 0.15) is 0 Å². The minimum absolute atomic E-state index is 0.102. The largest absolute Gasteiger partial charge is 0.481 e. The van der Waals surface area contributed by atoms with E-state index in [0.717, 1.165) is 0 Å². The van der Waals surface area contributed by atoms with Gasteiger partial charge in [-0.3, -0.25) is 9.59 Å². The molecule has 0 aromatic carbocycles. The van der Waals surface area contributed by atoms with E-state index >= 15 is 0 Å². The fourth-order valence-corrected chi connectivity index (χ4v) is 0.938. The summed E-state index contributed by atoms with van der Waals surface area (Å²) >= 11 is 0. The Morgan fingerprint density at radius 1 is 1.06 bits per heavy atom. The van der Waals surface area contributed by atoms with E-state index in [1.165, 1.54) is 6.92 Å². The number of hydrogen-bond donors (Lipinski definition) is 2. The van der Waals surface area contributed by atoms with Crippen LogP contribution >= 0.6 is 0 Å². The molecule has 102 valence electrons. The molecule has 0 radical (unpaired) electrons. The maximum Gasteiger partial charge on any atom is 0.347 e. The predicted molar refractivity (Wildman–Crippen MR) is 55.6 cm³/mol. The molecule has 2 N–H and O–H groups in total. The van der Waals surface area contributed by atoms with Crippen LogP contribution in [0.3, 0.4) is 0 Å². The number of ether oxygens (including phenoxy) is 2. The first-order valence-corrected chi connectivity index (χ1v) is 5.12. The Morgan fingerprint density at radius 2 is 1.67 bits per heavy atom. The Hall–Kier alpha value is -2.12. The Balaban J connectivity index is 3.88. The third-order valence-corrected chi connectivity index (χ3v) is 1.75. The highest BCUT2D eigenvalue weighted by Gasteiger charge is 2.20. The number of aliphatic carboxylic acids is 2. The summed E-state index contributed by atoms with van der Waals surface area (Å²) in [6, 6.07) is 0. The highest BCUT2D eigenvalue weighted by molar-refractivity contribution is 5.81. The van der Waals surface area contributed by atoms with Crippen molar-refractivity contribution in [3.8, 4) is 0 Å². The zero-order chi connectivity index (χ0) is 14.1. The number of carboxylic acid groups (broad SMARTS) is 2. The Kier molecular flexibility index (Phi) is 7.10. The van der Waals surface area contributed by atoms with Crippen molar-refractivity contribution in [1.82, 2.24) is 0 Å². The molecule has 0 aliphatic rings. The van der Waals surface area contributed by atoms with Crippen molar-refractivity contribution in [3.05, 3.63) is 0 Å². The summed E-state index contributed by atoms with van der Waals surface area (Å²) in [5.41, 5.74) is 0. The molecule has 1 atom stereocenters. The van der Waals surface area contributed by atoms with Crippen LogP contribution in [-0.2, 0) is 28.7 Å². The van der Waals surface area contributed by atoms with Gasteiger partial charge in [-0.25, -0.2) is 9.59 Å². The molecule has 0 bridgehead atoms. The number of carboxylic acids is 2. The van der Waals surface area contributed by atoms with E-state index in [0.29, 0.717) is 0 Å². The molecule has 8 nitrogen and oxygen atoms in total. The maximum atomic E-state index is 11.1. The number of carbonyl (C=O) groups excluding carboxylic acids is 2. The monoisotopic (exact) mass is 262 g/mol. The van der Waals surface area contributed by atoms with Gasteiger partial charge < -0.3 is 19.7 Å². The Labute approximate surface area is 102 Å². The molecule has 18 heavy (non-hydrogen) atoms. The minimum atomic E-state index is -1.32. The summed E-state index contributed by atoms with van der Waals surface area (Å²) in [6.07, 6.45) is -1.43. The molecule has 0 saturated carbocycles. The molecule has 0 heterocycles. The molecule has 0 rings (SSSR count). The molecule has 8 heteroatoms. The van der Waals surface area contributed by atoms with Gasteiger partial charge in [0, 0.05) is 12.8 Å². The van der Waals surface area contributed by atoms with Crippen molar-refractivity contribution in [1.29, 1.82) is 0 Å². The number of esters is 2. The highest BCUT2D eigenvalue weighted by Crippen LogP contribution is 2.02. The van der Waals surface area contributed by atoms with E-state index in [1.807, 2.05) is 0 Å². The summed E-state index contributed by atoms with van der Waals surface area (Å²) in [5.74, 6) is -4.06. The van der Waals surface area contributed by atoms with Gasteiger partial charge in [-0.1, -0.05) is 0 Å². The SMILES string of the molecule is CC(OC(=O)CCCC(=O)O)C(=O)OCC(=O)O. The van der Waals surface area contributed by atoms with Crippen LogP contribution in [0.2, 0.25) is 0 Å². The van der Waals surface area contributed by atoms with Crippen LogP contribution in [0.1, 0.15) is 26.2 Å². The molecule has 0 aromatic rings. The van der Waals surface area contributed by atoms with Crippen LogP contribution in [0.4, 0.5) is 0 Å². The quantitative estimate of drug-likeness (QED) is 0.575. The fraction of sp³-hybridized carbons (Fsp3) is 0.600. The summed E-state index contributed by atoms with van der Waals surface area (Å²) in [6.45, 7) is 0.430. The van der Waals surface area contributed by atoms with Gasteiger partial charge in [-0.2, -0.15) is 0 Å². The van der Waals surface area contributed by atoms with Crippen LogP contribution in [0.25, 0.3) is 0 Å². The normalized spacial score (nSPS) is 11.4. The third-order valence-electron chi connectivity index (χ3n) is 1.75. The van der Waals surface area contributed by atoms with Crippen molar-refractivity contribution in [2.24, 2.45) is 0 Å². The number of carbonyl (C=O) groups is 4. The highest BCUT2D eigenvalue weighted by atomic mass is 16.6. The van der Waals surface area contributed by atoms with Crippen molar-refractivity contribution < 1.29 is 38.9 Å². The average molecular weight is 262 g/mol. The van der Waals surface area contributed by atoms with Gasteiger partial charge in [-0.15, -0.1) is 0 Å². The van der Waals surface area contributed by atoms with Gasteiger partial charge in [0.15, 0.2) is 12.7 Å². The molecule has 1 unspecified atom stereocenters. The van der Waals surface area contributed by atoms with E-state index in [2.05, 4.69) is 9.47 Å². The summed E-state index contributed by atoms with van der Waals surface area (Å²) in [7, 11) is 0. The van der Waals surface area contributed by atoms with Gasteiger partial charge in [0.25, 0.3) is 0 Å². The van der Waals surface area contributed by atoms with Crippen molar-refractivity contribution in [2.75, 3.05) is 6.61 Å². The van der Waals surface area contributed by atoms with E-state index in [-0.39, 0.29) is 19.3 Å². The smallest absolute Gasteiger partial charge is 0.347 e. The second kappa shape index (κ2) is 8.04. The van der Waals surface area contributed by atoms with Crippen LogP contribution in [0.5, 0.6) is 0 Å². The van der Waals surface area contributed by atoms with Gasteiger partial charge in [0.2, 0.25) is 0 Å². The number of hydrogen-bond acceptors (Lipinski definition) is 6. The summed E-state index contributed by atoms with van der Waals surface area (Å²) in [5, 5.41) is 16.6. The van der Waals surface area contributed by atoms with Gasteiger partial charge in [0.05, 0.1) is 0 Å². The lowest BCUT2D eigenvalue weighted by atomic mass is 10.2. The Bertz CT molecular complexity index is 335. The third kappa shape index (κ3) is 8.08. The molecule has 0 amide bonds. The lowest BCUT2D eigenvalue weighted by molar-refractivity contribution is -0.169. The summed E-state index contributed by atoms with van der Waals surface area (Å²) in [4.78, 5) is 42.5. The van der Waals surface area contributed by atoms with Crippen LogP contribution in [0.15, 0.2) is 0 Å². The lowest BCUT2D eigenvalue weighted by Crippen LogP contribution is -2.28. The summed E-state index contributed by atoms with van der Waals surface area (Å²) < 4.78 is 8.93. The first-order chi connectivity index (χ1) is 8.32. The molecule has 0 aliphatic carbocycles. The van der Waals surface area contributed by atoms with Crippen LogP contribution in [-0.4, -0.2) is 46.8 Å². The molecule has 0 fully saturated rings. The molecule has 0 aliphatic heterocycles. The second-order valence-electron chi connectivity index (χ2n) is 3.38. The van der Waals surface area contributed by atoms with E-state index in [4.69, 9.17) is 10.2 Å². The molecule has 0 spiro atoms. The lowest BCUT2D eigenvalue weighted by Gasteiger charge is -2.11. The topological polar surface area (TPSA) is 127 Å². The van der Waals surface area contributed by atoms with Crippen LogP contribution < -0.4 is 0 Å². The molecule has 0 saturated heterocycles. The Morgan fingerprint density at radius 3 is 2.17 bits per heavy atom. The standard InChI is InChI=1S/C10H14O8/c1-6(10(16)17-5-8(13)14)18-9(15)4-2-3-7(11)12/h6H,2-5H2,1H3,(H,11,12)(H,13,14). The molecular formula is C10H14O8. The van der Waals surface area contributed by atoms with Crippen LogP contribution in [0, 0.1) is 0 Å². The van der Waals surface area contributed by atoms with Gasteiger partial charge in [-0.05, 0) is 13.3 Å². The average Bonchev–Trinajstić information content (AvgIpc) is 2.24.